The lowest BCUT2D eigenvalue weighted by Gasteiger charge is -2.19. The Morgan fingerprint density at radius 2 is 2.26 bits per heavy atom. The first-order chi connectivity index (χ1) is 9.10. The Kier molecular flexibility index (Phi) is 6.04. The topological polar surface area (TPSA) is 68.0 Å². The van der Waals surface area contributed by atoms with Gasteiger partial charge in [0.15, 0.2) is 0 Å². The van der Waals surface area contributed by atoms with Gasteiger partial charge in [0.2, 0.25) is 0 Å². The Labute approximate surface area is 114 Å². The second kappa shape index (κ2) is 7.55. The zero-order chi connectivity index (χ0) is 14.3. The molecule has 0 saturated carbocycles. The molecule has 3 N–H and O–H groups in total. The van der Waals surface area contributed by atoms with E-state index in [0.29, 0.717) is 17.2 Å². The molecule has 1 aromatic rings. The van der Waals surface area contributed by atoms with Crippen molar-refractivity contribution in [1.82, 2.24) is 10.3 Å². The number of aromatic nitrogens is 1. The molecule has 2 unspecified atom stereocenters. The molecule has 0 saturated heterocycles. The van der Waals surface area contributed by atoms with Crippen molar-refractivity contribution in [2.45, 2.75) is 33.2 Å². The third-order valence-electron chi connectivity index (χ3n) is 3.20. The van der Waals surface area contributed by atoms with Gasteiger partial charge in [0, 0.05) is 12.2 Å². The van der Waals surface area contributed by atoms with E-state index in [1.165, 1.54) is 0 Å². The first-order valence-corrected chi connectivity index (χ1v) is 6.55. The molecule has 0 radical (unpaired) electrons. The zero-order valence-corrected chi connectivity index (χ0v) is 11.7. The van der Waals surface area contributed by atoms with E-state index in [1.807, 2.05) is 6.92 Å². The molecule has 4 heteroatoms. The van der Waals surface area contributed by atoms with Crippen molar-refractivity contribution in [1.29, 1.82) is 0 Å². The molecule has 0 spiro atoms. The van der Waals surface area contributed by atoms with Gasteiger partial charge < -0.3 is 11.1 Å². The monoisotopic (exact) mass is 259 g/mol. The van der Waals surface area contributed by atoms with Crippen LogP contribution in [0.1, 0.15) is 43.2 Å². The van der Waals surface area contributed by atoms with Crippen molar-refractivity contribution in [3.63, 3.8) is 0 Å². The summed E-state index contributed by atoms with van der Waals surface area (Å²) < 4.78 is 0. The minimum atomic E-state index is -0.185. The second-order valence-corrected chi connectivity index (χ2v) is 4.55. The molecule has 4 nitrogen and oxygen atoms in total. The quantitative estimate of drug-likeness (QED) is 0.806. The highest BCUT2D eigenvalue weighted by Gasteiger charge is 2.17. The van der Waals surface area contributed by atoms with Gasteiger partial charge in [0.1, 0.15) is 5.69 Å². The van der Waals surface area contributed by atoms with Crippen LogP contribution in [0.4, 0.5) is 0 Å². The van der Waals surface area contributed by atoms with Gasteiger partial charge in [-0.3, -0.25) is 4.79 Å². The molecule has 1 amide bonds. The summed E-state index contributed by atoms with van der Waals surface area (Å²) in [6.07, 6.45) is 2.61. The van der Waals surface area contributed by atoms with Crippen molar-refractivity contribution >= 4 is 5.91 Å². The highest BCUT2D eigenvalue weighted by molar-refractivity contribution is 5.94. The molecule has 0 aliphatic heterocycles. The number of carbonyl (C=O) groups excluding carboxylic acids is 1. The van der Waals surface area contributed by atoms with E-state index in [4.69, 9.17) is 5.73 Å². The number of carbonyl (C=O) groups is 1. The maximum Gasteiger partial charge on any atom is 0.271 e. The number of nitrogens with one attached hydrogen (secondary N) is 1. The second-order valence-electron chi connectivity index (χ2n) is 4.55. The van der Waals surface area contributed by atoms with E-state index in [1.54, 1.807) is 18.3 Å². The van der Waals surface area contributed by atoms with Crippen LogP contribution >= 0.6 is 0 Å². The smallest absolute Gasteiger partial charge is 0.271 e. The third kappa shape index (κ3) is 4.38. The van der Waals surface area contributed by atoms with Gasteiger partial charge in [-0.15, -0.1) is 0 Å². The van der Waals surface area contributed by atoms with Crippen molar-refractivity contribution in [2.75, 3.05) is 6.54 Å². The summed E-state index contributed by atoms with van der Waals surface area (Å²) in [5.41, 5.74) is 6.32. The van der Waals surface area contributed by atoms with Crippen molar-refractivity contribution in [2.24, 2.45) is 11.7 Å². The van der Waals surface area contributed by atoms with Gasteiger partial charge in [-0.25, -0.2) is 4.98 Å². The van der Waals surface area contributed by atoms with Crippen LogP contribution in [0.25, 0.3) is 0 Å². The van der Waals surface area contributed by atoms with E-state index >= 15 is 0 Å². The van der Waals surface area contributed by atoms with Crippen LogP contribution in [-0.2, 0) is 0 Å². The number of amides is 1. The number of pyridine rings is 1. The molecular weight excluding hydrogens is 238 g/mol. The summed E-state index contributed by atoms with van der Waals surface area (Å²) in [7, 11) is 0. The Morgan fingerprint density at radius 3 is 2.89 bits per heavy atom. The predicted octanol–water partition coefficient (Wildman–Crippen LogP) is 1.56. The Hall–Kier alpha value is -1.86. The zero-order valence-electron chi connectivity index (χ0n) is 11.7. The summed E-state index contributed by atoms with van der Waals surface area (Å²) in [6, 6.07) is 3.64. The minimum absolute atomic E-state index is 0.106. The normalized spacial score (nSPS) is 13.1. The number of hydrogen-bond donors (Lipinski definition) is 2. The SMILES string of the molecule is CCC(C)C(C)NC(=O)c1ncccc1C#CCN. The highest BCUT2D eigenvalue weighted by Crippen LogP contribution is 2.09. The van der Waals surface area contributed by atoms with E-state index < -0.39 is 0 Å². The van der Waals surface area contributed by atoms with Gasteiger partial charge in [-0.05, 0) is 25.0 Å². The van der Waals surface area contributed by atoms with Gasteiger partial charge in [0.25, 0.3) is 5.91 Å². The van der Waals surface area contributed by atoms with E-state index in [9.17, 15) is 4.79 Å². The first kappa shape index (κ1) is 15.2. The molecule has 19 heavy (non-hydrogen) atoms. The van der Waals surface area contributed by atoms with E-state index in [-0.39, 0.29) is 18.5 Å². The summed E-state index contributed by atoms with van der Waals surface area (Å²) in [6.45, 7) is 6.48. The molecule has 0 aliphatic carbocycles. The molecule has 102 valence electrons. The van der Waals surface area contributed by atoms with Crippen LogP contribution < -0.4 is 11.1 Å². The van der Waals surface area contributed by atoms with Crippen LogP contribution in [-0.4, -0.2) is 23.5 Å². The van der Waals surface area contributed by atoms with E-state index in [2.05, 4.69) is 36.0 Å². The summed E-state index contributed by atoms with van der Waals surface area (Å²) in [5.74, 6) is 5.85. The Bertz CT molecular complexity index is 488. The molecular formula is C15H21N3O. The van der Waals surface area contributed by atoms with Crippen molar-refractivity contribution < 1.29 is 4.79 Å². The summed E-state index contributed by atoms with van der Waals surface area (Å²) in [4.78, 5) is 16.3. The van der Waals surface area contributed by atoms with Crippen LogP contribution in [0.3, 0.4) is 0 Å². The van der Waals surface area contributed by atoms with Gasteiger partial charge in [-0.1, -0.05) is 32.1 Å². The molecule has 0 fully saturated rings. The van der Waals surface area contributed by atoms with Gasteiger partial charge >= 0.3 is 0 Å². The lowest BCUT2D eigenvalue weighted by atomic mass is 10.0. The average molecular weight is 259 g/mol. The highest BCUT2D eigenvalue weighted by atomic mass is 16.1. The molecule has 0 aliphatic rings. The largest absolute Gasteiger partial charge is 0.348 e. The van der Waals surface area contributed by atoms with Gasteiger partial charge in [-0.2, -0.15) is 0 Å². The summed E-state index contributed by atoms with van der Waals surface area (Å²) >= 11 is 0. The minimum Gasteiger partial charge on any atom is -0.348 e. The number of hydrogen-bond acceptors (Lipinski definition) is 3. The molecule has 0 bridgehead atoms. The van der Waals surface area contributed by atoms with Crippen LogP contribution in [0, 0.1) is 17.8 Å². The fourth-order valence-electron chi connectivity index (χ4n) is 1.60. The third-order valence-corrected chi connectivity index (χ3v) is 3.20. The maximum atomic E-state index is 12.2. The molecule has 1 heterocycles. The molecule has 1 aromatic heterocycles. The Morgan fingerprint density at radius 1 is 1.53 bits per heavy atom. The van der Waals surface area contributed by atoms with Crippen LogP contribution in [0.2, 0.25) is 0 Å². The first-order valence-electron chi connectivity index (χ1n) is 6.55. The lowest BCUT2D eigenvalue weighted by Crippen LogP contribution is -2.37. The predicted molar refractivity (Wildman–Crippen MR) is 76.6 cm³/mol. The van der Waals surface area contributed by atoms with Crippen molar-refractivity contribution in [3.05, 3.63) is 29.6 Å². The van der Waals surface area contributed by atoms with Crippen LogP contribution in [0.5, 0.6) is 0 Å². The fourth-order valence-corrected chi connectivity index (χ4v) is 1.60. The van der Waals surface area contributed by atoms with Crippen LogP contribution in [0.15, 0.2) is 18.3 Å². The van der Waals surface area contributed by atoms with Gasteiger partial charge in [0.05, 0.1) is 12.1 Å². The number of nitrogens with zero attached hydrogens (tertiary/aromatic N) is 1. The molecule has 0 aromatic carbocycles. The Balaban J connectivity index is 2.88. The average Bonchev–Trinajstić information content (AvgIpc) is 2.44. The van der Waals surface area contributed by atoms with E-state index in [0.717, 1.165) is 6.42 Å². The molecule has 1 rings (SSSR count). The standard InChI is InChI=1S/C15H21N3O/c1-4-11(2)12(3)18-15(19)14-13(7-5-9-16)8-6-10-17-14/h6,8,10-12H,4,9,16H2,1-3H3,(H,18,19). The number of rotatable bonds is 4. The molecule has 2 atom stereocenters. The van der Waals surface area contributed by atoms with Crippen molar-refractivity contribution in [3.8, 4) is 11.8 Å². The maximum absolute atomic E-state index is 12.2. The fraction of sp³-hybridized carbons (Fsp3) is 0.467. The summed E-state index contributed by atoms with van der Waals surface area (Å²) in [5, 5.41) is 2.96. The lowest BCUT2D eigenvalue weighted by molar-refractivity contribution is 0.0923. The number of nitrogens with two attached hydrogens (primary N) is 1.